The fraction of sp³-hybridized carbons (Fsp3) is 0.357. The molecular formula is C14H17ClN2S. The van der Waals surface area contributed by atoms with Crippen LogP contribution in [0, 0.1) is 0 Å². The molecule has 0 saturated heterocycles. The minimum absolute atomic E-state index is 0.455. The number of nitrogens with zero attached hydrogens (tertiary/aromatic N) is 1. The number of hydrogen-bond acceptors (Lipinski definition) is 3. The second-order valence-corrected chi connectivity index (χ2v) is 5.66. The van der Waals surface area contributed by atoms with Gasteiger partial charge in [-0.25, -0.2) is 0 Å². The molecule has 18 heavy (non-hydrogen) atoms. The van der Waals surface area contributed by atoms with E-state index in [0.29, 0.717) is 6.04 Å². The highest BCUT2D eigenvalue weighted by molar-refractivity contribution is 7.09. The van der Waals surface area contributed by atoms with Crippen molar-refractivity contribution in [2.24, 2.45) is 0 Å². The molecular weight excluding hydrogens is 264 g/mol. The summed E-state index contributed by atoms with van der Waals surface area (Å²) in [5, 5.41) is 4.32. The lowest BCUT2D eigenvalue weighted by atomic mass is 10.0. The van der Waals surface area contributed by atoms with Gasteiger partial charge < -0.3 is 5.32 Å². The Hall–Kier alpha value is -0.900. The van der Waals surface area contributed by atoms with E-state index in [1.165, 1.54) is 10.4 Å². The van der Waals surface area contributed by atoms with Crippen LogP contribution in [0.5, 0.6) is 0 Å². The standard InChI is InChI=1S/C14H17ClN2S/c1-2-17-13(8-14-9-16-10-18-14)7-11-3-5-12(15)6-4-11/h3-6,9-10,13,17H,2,7-8H2,1H3. The summed E-state index contributed by atoms with van der Waals surface area (Å²) in [6.07, 6.45) is 4.00. The van der Waals surface area contributed by atoms with Crippen molar-refractivity contribution in [1.82, 2.24) is 10.3 Å². The van der Waals surface area contributed by atoms with Crippen molar-refractivity contribution < 1.29 is 0 Å². The Kier molecular flexibility index (Phi) is 5.17. The third-order valence-corrected chi connectivity index (χ3v) is 3.87. The first-order chi connectivity index (χ1) is 8.78. The number of likely N-dealkylation sites (N-methyl/N-ethyl adjacent to an activating group) is 1. The first-order valence-corrected chi connectivity index (χ1v) is 7.39. The molecule has 4 heteroatoms. The van der Waals surface area contributed by atoms with Crippen LogP contribution in [0.25, 0.3) is 0 Å². The van der Waals surface area contributed by atoms with E-state index in [1.807, 2.05) is 23.8 Å². The minimum Gasteiger partial charge on any atom is -0.314 e. The van der Waals surface area contributed by atoms with E-state index in [9.17, 15) is 0 Å². The number of hydrogen-bond donors (Lipinski definition) is 1. The monoisotopic (exact) mass is 280 g/mol. The second kappa shape index (κ2) is 6.88. The molecule has 0 aliphatic heterocycles. The summed E-state index contributed by atoms with van der Waals surface area (Å²) in [5.74, 6) is 0. The molecule has 0 saturated carbocycles. The zero-order valence-corrected chi connectivity index (χ0v) is 12.0. The maximum Gasteiger partial charge on any atom is 0.0794 e. The highest BCUT2D eigenvalue weighted by Gasteiger charge is 2.10. The summed E-state index contributed by atoms with van der Waals surface area (Å²) < 4.78 is 0. The van der Waals surface area contributed by atoms with E-state index < -0.39 is 0 Å². The van der Waals surface area contributed by atoms with Gasteiger partial charge in [-0.3, -0.25) is 4.98 Å². The van der Waals surface area contributed by atoms with Gasteiger partial charge in [0, 0.05) is 22.1 Å². The van der Waals surface area contributed by atoms with Gasteiger partial charge in [-0.2, -0.15) is 0 Å². The van der Waals surface area contributed by atoms with Gasteiger partial charge in [-0.05, 0) is 37.1 Å². The van der Waals surface area contributed by atoms with Gasteiger partial charge in [-0.15, -0.1) is 11.3 Å². The van der Waals surface area contributed by atoms with Gasteiger partial charge in [0.1, 0.15) is 0 Å². The quantitative estimate of drug-likeness (QED) is 0.875. The summed E-state index contributed by atoms with van der Waals surface area (Å²) in [6, 6.07) is 8.55. The Morgan fingerprint density at radius 3 is 2.67 bits per heavy atom. The van der Waals surface area contributed by atoms with Crippen molar-refractivity contribution in [2.45, 2.75) is 25.8 Å². The molecule has 0 spiro atoms. The van der Waals surface area contributed by atoms with Crippen LogP contribution in [0.3, 0.4) is 0 Å². The lowest BCUT2D eigenvalue weighted by Crippen LogP contribution is -2.32. The summed E-state index contributed by atoms with van der Waals surface area (Å²) in [5.41, 5.74) is 3.20. The molecule has 1 atom stereocenters. The smallest absolute Gasteiger partial charge is 0.0794 e. The van der Waals surface area contributed by atoms with Gasteiger partial charge in [0.15, 0.2) is 0 Å². The number of aromatic nitrogens is 1. The fourth-order valence-electron chi connectivity index (χ4n) is 2.00. The molecule has 0 fully saturated rings. The molecule has 96 valence electrons. The van der Waals surface area contributed by atoms with Gasteiger partial charge in [0.2, 0.25) is 0 Å². The highest BCUT2D eigenvalue weighted by atomic mass is 35.5. The van der Waals surface area contributed by atoms with Gasteiger partial charge in [-0.1, -0.05) is 30.7 Å². The van der Waals surface area contributed by atoms with E-state index in [-0.39, 0.29) is 0 Å². The largest absolute Gasteiger partial charge is 0.314 e. The normalized spacial score (nSPS) is 12.6. The predicted octanol–water partition coefficient (Wildman–Crippen LogP) is 3.56. The Morgan fingerprint density at radius 2 is 2.06 bits per heavy atom. The maximum atomic E-state index is 5.90. The molecule has 1 unspecified atom stereocenters. The van der Waals surface area contributed by atoms with Crippen LogP contribution < -0.4 is 5.32 Å². The first-order valence-electron chi connectivity index (χ1n) is 6.13. The lowest BCUT2D eigenvalue weighted by Gasteiger charge is -2.17. The Bertz CT molecular complexity index is 453. The summed E-state index contributed by atoms with van der Waals surface area (Å²) in [6.45, 7) is 3.12. The van der Waals surface area contributed by atoms with E-state index in [2.05, 4.69) is 29.4 Å². The van der Waals surface area contributed by atoms with Crippen LogP contribution in [0.2, 0.25) is 5.02 Å². The number of thiazole rings is 1. The van der Waals surface area contributed by atoms with Crippen LogP contribution in [0.4, 0.5) is 0 Å². The molecule has 2 nitrogen and oxygen atoms in total. The lowest BCUT2D eigenvalue weighted by molar-refractivity contribution is 0.524. The number of benzene rings is 1. The summed E-state index contributed by atoms with van der Waals surface area (Å²) >= 11 is 7.62. The number of rotatable bonds is 6. The average molecular weight is 281 g/mol. The van der Waals surface area contributed by atoms with Crippen molar-refractivity contribution in [1.29, 1.82) is 0 Å². The molecule has 1 heterocycles. The maximum absolute atomic E-state index is 5.90. The Morgan fingerprint density at radius 1 is 1.28 bits per heavy atom. The third kappa shape index (κ3) is 4.09. The van der Waals surface area contributed by atoms with Crippen molar-refractivity contribution in [3.05, 3.63) is 51.4 Å². The Balaban J connectivity index is 1.99. The molecule has 1 aromatic carbocycles. The van der Waals surface area contributed by atoms with Gasteiger partial charge in [0.05, 0.1) is 5.51 Å². The van der Waals surface area contributed by atoms with Gasteiger partial charge in [0.25, 0.3) is 0 Å². The molecule has 2 aromatic rings. The zero-order chi connectivity index (χ0) is 12.8. The first kappa shape index (κ1) is 13.5. The van der Waals surface area contributed by atoms with Crippen LogP contribution in [0.15, 0.2) is 36.0 Å². The van der Waals surface area contributed by atoms with E-state index in [1.54, 1.807) is 11.3 Å². The fourth-order valence-corrected chi connectivity index (χ4v) is 2.80. The van der Waals surface area contributed by atoms with Crippen molar-refractivity contribution in [3.8, 4) is 0 Å². The highest BCUT2D eigenvalue weighted by Crippen LogP contribution is 2.14. The van der Waals surface area contributed by atoms with E-state index in [4.69, 9.17) is 11.6 Å². The molecule has 0 amide bonds. The molecule has 0 radical (unpaired) electrons. The second-order valence-electron chi connectivity index (χ2n) is 4.26. The summed E-state index contributed by atoms with van der Waals surface area (Å²) in [4.78, 5) is 5.46. The van der Waals surface area contributed by atoms with Crippen molar-refractivity contribution in [3.63, 3.8) is 0 Å². The minimum atomic E-state index is 0.455. The SMILES string of the molecule is CCNC(Cc1ccc(Cl)cc1)Cc1cncs1. The van der Waals surface area contributed by atoms with E-state index >= 15 is 0 Å². The van der Waals surface area contributed by atoms with E-state index in [0.717, 1.165) is 24.4 Å². The molecule has 0 aliphatic rings. The van der Waals surface area contributed by atoms with Crippen LogP contribution in [0.1, 0.15) is 17.4 Å². The van der Waals surface area contributed by atoms with Crippen LogP contribution in [-0.4, -0.2) is 17.6 Å². The van der Waals surface area contributed by atoms with Gasteiger partial charge >= 0.3 is 0 Å². The summed E-state index contributed by atoms with van der Waals surface area (Å²) in [7, 11) is 0. The molecule has 2 rings (SSSR count). The molecule has 0 bridgehead atoms. The number of nitrogens with one attached hydrogen (secondary N) is 1. The zero-order valence-electron chi connectivity index (χ0n) is 10.4. The molecule has 0 aliphatic carbocycles. The van der Waals surface area contributed by atoms with Crippen molar-refractivity contribution >= 4 is 22.9 Å². The third-order valence-electron chi connectivity index (χ3n) is 2.82. The van der Waals surface area contributed by atoms with Crippen LogP contribution in [-0.2, 0) is 12.8 Å². The molecule has 1 aromatic heterocycles. The van der Waals surface area contributed by atoms with Crippen LogP contribution >= 0.6 is 22.9 Å². The average Bonchev–Trinajstić information content (AvgIpc) is 2.85. The Labute approximate surface area is 117 Å². The molecule has 1 N–H and O–H groups in total. The van der Waals surface area contributed by atoms with Crippen molar-refractivity contribution in [2.75, 3.05) is 6.54 Å². The number of halogens is 1. The predicted molar refractivity (Wildman–Crippen MR) is 78.4 cm³/mol. The topological polar surface area (TPSA) is 24.9 Å².